The lowest BCUT2D eigenvalue weighted by atomic mass is 10.2. The standard InChI is InChI=1S/C14H14N4/c1-9-7-11-8-12(3-4-13(11)16-9)18-14-5-6-15-10(2)17-14/h3-8,16H,1-2H3,(H,15,17,18). The van der Waals surface area contributed by atoms with Gasteiger partial charge in [0, 0.05) is 28.5 Å². The van der Waals surface area contributed by atoms with Crippen molar-refractivity contribution in [2.24, 2.45) is 0 Å². The lowest BCUT2D eigenvalue weighted by Crippen LogP contribution is -1.95. The summed E-state index contributed by atoms with van der Waals surface area (Å²) >= 11 is 0. The highest BCUT2D eigenvalue weighted by Crippen LogP contribution is 2.21. The lowest BCUT2D eigenvalue weighted by molar-refractivity contribution is 1.06. The van der Waals surface area contributed by atoms with Gasteiger partial charge in [0.05, 0.1) is 0 Å². The SMILES string of the molecule is Cc1nccc(Nc2ccc3[nH]c(C)cc3c2)n1. The first-order valence-electron chi connectivity index (χ1n) is 5.87. The molecule has 0 saturated heterocycles. The van der Waals surface area contributed by atoms with Crippen molar-refractivity contribution in [2.75, 3.05) is 5.32 Å². The minimum atomic E-state index is 0.763. The van der Waals surface area contributed by atoms with E-state index in [0.29, 0.717) is 0 Å². The molecule has 90 valence electrons. The highest BCUT2D eigenvalue weighted by molar-refractivity contribution is 5.84. The third kappa shape index (κ3) is 2.05. The summed E-state index contributed by atoms with van der Waals surface area (Å²) in [6, 6.07) is 10.2. The van der Waals surface area contributed by atoms with Crippen molar-refractivity contribution in [3.05, 3.63) is 48.0 Å². The summed E-state index contributed by atoms with van der Waals surface area (Å²) in [6.45, 7) is 3.94. The molecule has 3 rings (SSSR count). The number of aromatic amines is 1. The summed E-state index contributed by atoms with van der Waals surface area (Å²) in [6.07, 6.45) is 1.75. The molecule has 0 aliphatic carbocycles. The Hall–Kier alpha value is -2.36. The summed E-state index contributed by atoms with van der Waals surface area (Å²) in [5, 5.41) is 4.48. The normalized spacial score (nSPS) is 10.8. The van der Waals surface area contributed by atoms with E-state index in [0.717, 1.165) is 22.8 Å². The van der Waals surface area contributed by atoms with Gasteiger partial charge in [-0.05, 0) is 44.2 Å². The number of nitrogens with zero attached hydrogens (tertiary/aromatic N) is 2. The first kappa shape index (κ1) is 10.8. The number of hydrogen-bond donors (Lipinski definition) is 2. The van der Waals surface area contributed by atoms with Gasteiger partial charge in [0.25, 0.3) is 0 Å². The van der Waals surface area contributed by atoms with Gasteiger partial charge < -0.3 is 10.3 Å². The highest BCUT2D eigenvalue weighted by Gasteiger charge is 2.01. The molecule has 0 saturated carbocycles. The summed E-state index contributed by atoms with van der Waals surface area (Å²) in [5.41, 5.74) is 3.34. The molecule has 2 heterocycles. The molecule has 1 aromatic carbocycles. The van der Waals surface area contributed by atoms with Crippen molar-refractivity contribution < 1.29 is 0 Å². The second-order valence-electron chi connectivity index (χ2n) is 4.37. The van der Waals surface area contributed by atoms with Crippen molar-refractivity contribution in [1.29, 1.82) is 0 Å². The molecule has 0 aliphatic heterocycles. The number of aromatic nitrogens is 3. The average molecular weight is 238 g/mol. The smallest absolute Gasteiger partial charge is 0.134 e. The van der Waals surface area contributed by atoms with Crippen LogP contribution in [0.2, 0.25) is 0 Å². The third-order valence-corrected chi connectivity index (χ3v) is 2.80. The molecule has 0 aliphatic rings. The fraction of sp³-hybridized carbons (Fsp3) is 0.143. The second kappa shape index (κ2) is 4.14. The maximum atomic E-state index is 4.32. The predicted octanol–water partition coefficient (Wildman–Crippen LogP) is 3.32. The predicted molar refractivity (Wildman–Crippen MR) is 73.1 cm³/mol. The van der Waals surface area contributed by atoms with Crippen molar-refractivity contribution in [3.63, 3.8) is 0 Å². The summed E-state index contributed by atoms with van der Waals surface area (Å²) < 4.78 is 0. The Bertz CT molecular complexity index is 700. The Morgan fingerprint density at radius 2 is 2.00 bits per heavy atom. The van der Waals surface area contributed by atoms with Gasteiger partial charge in [0.15, 0.2) is 0 Å². The Labute approximate surface area is 105 Å². The molecule has 2 aromatic heterocycles. The average Bonchev–Trinajstić information content (AvgIpc) is 2.68. The Morgan fingerprint density at radius 1 is 1.11 bits per heavy atom. The van der Waals surface area contributed by atoms with Gasteiger partial charge in [-0.25, -0.2) is 9.97 Å². The van der Waals surface area contributed by atoms with E-state index >= 15 is 0 Å². The largest absolute Gasteiger partial charge is 0.359 e. The zero-order valence-corrected chi connectivity index (χ0v) is 10.4. The highest BCUT2D eigenvalue weighted by atomic mass is 15.0. The van der Waals surface area contributed by atoms with Gasteiger partial charge in [0.2, 0.25) is 0 Å². The van der Waals surface area contributed by atoms with E-state index in [1.54, 1.807) is 6.20 Å². The molecule has 4 heteroatoms. The molecular formula is C14H14N4. The number of rotatable bonds is 2. The summed E-state index contributed by atoms with van der Waals surface area (Å²) in [5.74, 6) is 1.58. The van der Waals surface area contributed by atoms with Gasteiger partial charge >= 0.3 is 0 Å². The molecule has 0 bridgehead atoms. The minimum absolute atomic E-state index is 0.763. The zero-order chi connectivity index (χ0) is 12.5. The maximum absolute atomic E-state index is 4.32. The van der Waals surface area contributed by atoms with Crippen LogP contribution in [0.4, 0.5) is 11.5 Å². The molecular weight excluding hydrogens is 224 g/mol. The Kier molecular flexibility index (Phi) is 2.48. The fourth-order valence-electron chi connectivity index (χ4n) is 2.03. The summed E-state index contributed by atoms with van der Waals surface area (Å²) in [7, 11) is 0. The number of aryl methyl sites for hydroxylation is 2. The van der Waals surface area contributed by atoms with Crippen LogP contribution in [0.15, 0.2) is 36.5 Å². The van der Waals surface area contributed by atoms with Crippen LogP contribution in [0.1, 0.15) is 11.5 Å². The maximum Gasteiger partial charge on any atom is 0.134 e. The first-order valence-corrected chi connectivity index (χ1v) is 5.87. The van der Waals surface area contributed by atoms with E-state index in [-0.39, 0.29) is 0 Å². The van der Waals surface area contributed by atoms with Crippen molar-refractivity contribution in [2.45, 2.75) is 13.8 Å². The molecule has 0 unspecified atom stereocenters. The van der Waals surface area contributed by atoms with Crippen LogP contribution < -0.4 is 5.32 Å². The van der Waals surface area contributed by atoms with Gasteiger partial charge in [-0.3, -0.25) is 0 Å². The van der Waals surface area contributed by atoms with E-state index in [1.165, 1.54) is 11.1 Å². The molecule has 0 atom stereocenters. The van der Waals surface area contributed by atoms with E-state index < -0.39 is 0 Å². The molecule has 4 nitrogen and oxygen atoms in total. The van der Waals surface area contributed by atoms with Gasteiger partial charge in [-0.15, -0.1) is 0 Å². The van der Waals surface area contributed by atoms with E-state index in [9.17, 15) is 0 Å². The lowest BCUT2D eigenvalue weighted by Gasteiger charge is -2.05. The number of anilines is 2. The van der Waals surface area contributed by atoms with Crippen LogP contribution in [-0.2, 0) is 0 Å². The second-order valence-corrected chi connectivity index (χ2v) is 4.37. The van der Waals surface area contributed by atoms with Crippen LogP contribution in [0.25, 0.3) is 10.9 Å². The van der Waals surface area contributed by atoms with Gasteiger partial charge in [0.1, 0.15) is 11.6 Å². The van der Waals surface area contributed by atoms with Gasteiger partial charge in [-0.2, -0.15) is 0 Å². The fourth-order valence-corrected chi connectivity index (χ4v) is 2.03. The number of fused-ring (bicyclic) bond motifs is 1. The van der Waals surface area contributed by atoms with E-state index in [2.05, 4.69) is 45.4 Å². The van der Waals surface area contributed by atoms with Crippen LogP contribution in [-0.4, -0.2) is 15.0 Å². The minimum Gasteiger partial charge on any atom is -0.359 e. The molecule has 3 aromatic rings. The molecule has 0 spiro atoms. The van der Waals surface area contributed by atoms with Gasteiger partial charge in [-0.1, -0.05) is 0 Å². The van der Waals surface area contributed by atoms with E-state index in [4.69, 9.17) is 0 Å². The van der Waals surface area contributed by atoms with Crippen LogP contribution in [0.5, 0.6) is 0 Å². The Balaban J connectivity index is 1.94. The molecule has 2 N–H and O–H groups in total. The van der Waals surface area contributed by atoms with Crippen molar-refractivity contribution in [3.8, 4) is 0 Å². The number of nitrogens with one attached hydrogen (secondary N) is 2. The molecule has 0 radical (unpaired) electrons. The first-order chi connectivity index (χ1) is 8.70. The van der Waals surface area contributed by atoms with E-state index in [1.807, 2.05) is 19.1 Å². The van der Waals surface area contributed by atoms with Crippen LogP contribution in [0, 0.1) is 13.8 Å². The zero-order valence-electron chi connectivity index (χ0n) is 10.4. The van der Waals surface area contributed by atoms with Crippen molar-refractivity contribution >= 4 is 22.4 Å². The monoisotopic (exact) mass is 238 g/mol. The number of H-pyrrole nitrogens is 1. The summed E-state index contributed by atoms with van der Waals surface area (Å²) in [4.78, 5) is 11.7. The van der Waals surface area contributed by atoms with Crippen LogP contribution >= 0.6 is 0 Å². The topological polar surface area (TPSA) is 53.6 Å². The van der Waals surface area contributed by atoms with Crippen LogP contribution in [0.3, 0.4) is 0 Å². The molecule has 0 amide bonds. The third-order valence-electron chi connectivity index (χ3n) is 2.80. The van der Waals surface area contributed by atoms with Crippen molar-refractivity contribution in [1.82, 2.24) is 15.0 Å². The quantitative estimate of drug-likeness (QED) is 0.720. The number of hydrogen-bond acceptors (Lipinski definition) is 3. The molecule has 0 fully saturated rings. The Morgan fingerprint density at radius 3 is 2.83 bits per heavy atom. The number of benzene rings is 1. The molecule has 18 heavy (non-hydrogen) atoms.